The Bertz CT molecular complexity index is 1040. The molecule has 1 amide bonds. The van der Waals surface area contributed by atoms with Crippen LogP contribution in [0.2, 0.25) is 5.02 Å². The molecule has 32 heavy (non-hydrogen) atoms. The van der Waals surface area contributed by atoms with Crippen LogP contribution in [0.1, 0.15) is 24.5 Å². The van der Waals surface area contributed by atoms with Gasteiger partial charge in [-0.3, -0.25) is 4.79 Å². The van der Waals surface area contributed by atoms with Gasteiger partial charge in [0.05, 0.1) is 28.5 Å². The van der Waals surface area contributed by atoms with Gasteiger partial charge < -0.3 is 19.5 Å². The van der Waals surface area contributed by atoms with Gasteiger partial charge in [-0.1, -0.05) is 42.8 Å². The molecule has 170 valence electrons. The van der Waals surface area contributed by atoms with Gasteiger partial charge in [0.15, 0.2) is 0 Å². The van der Waals surface area contributed by atoms with Crippen LogP contribution in [0.4, 0.5) is 5.69 Å². The molecule has 1 fully saturated rings. The van der Waals surface area contributed by atoms with E-state index in [9.17, 15) is 14.5 Å². The number of aliphatic hydroxyl groups is 2. The number of amidine groups is 1. The molecule has 0 aliphatic carbocycles. The molecular formula is C23H25ClN2O5S. The van der Waals surface area contributed by atoms with Gasteiger partial charge in [0.1, 0.15) is 18.5 Å². The maximum Gasteiger partial charge on any atom is 0.332 e. The molecule has 2 N–H and O–H groups in total. The highest BCUT2D eigenvalue weighted by Gasteiger charge is 2.47. The largest absolute Gasteiger partial charge is 0.604 e. The maximum absolute atomic E-state index is 13.3. The Morgan fingerprint density at radius 2 is 2.06 bits per heavy atom. The predicted octanol–water partition coefficient (Wildman–Crippen LogP) is 3.28. The van der Waals surface area contributed by atoms with E-state index in [2.05, 4.69) is 4.99 Å². The van der Waals surface area contributed by atoms with Crippen LogP contribution < -0.4 is 9.64 Å². The average Bonchev–Trinajstić information content (AvgIpc) is 3.01. The summed E-state index contributed by atoms with van der Waals surface area (Å²) in [6.07, 6.45) is 1.29. The molecule has 2 aromatic rings. The van der Waals surface area contributed by atoms with Crippen LogP contribution in [0.5, 0.6) is 5.75 Å². The van der Waals surface area contributed by atoms with Gasteiger partial charge in [-0.15, -0.1) is 0 Å². The third-order valence-electron chi connectivity index (χ3n) is 4.69. The zero-order chi connectivity index (χ0) is 23.3. The van der Waals surface area contributed by atoms with E-state index < -0.39 is 29.8 Å². The second kappa shape index (κ2) is 11.0. The molecule has 0 radical (unpaired) electrons. The zero-order valence-corrected chi connectivity index (χ0v) is 19.4. The number of amides is 1. The molecule has 9 heteroatoms. The van der Waals surface area contributed by atoms with Crippen molar-refractivity contribution in [1.82, 2.24) is 0 Å². The van der Waals surface area contributed by atoms with Crippen molar-refractivity contribution in [2.24, 2.45) is 4.99 Å². The van der Waals surface area contributed by atoms with Gasteiger partial charge in [0.2, 0.25) is 4.91 Å². The van der Waals surface area contributed by atoms with E-state index in [0.29, 0.717) is 23.5 Å². The van der Waals surface area contributed by atoms with Gasteiger partial charge in [-0.25, -0.2) is 9.89 Å². The minimum absolute atomic E-state index is 0.109. The zero-order valence-electron chi connectivity index (χ0n) is 17.8. The number of anilines is 1. The Kier molecular flexibility index (Phi) is 8.33. The van der Waals surface area contributed by atoms with E-state index in [1.165, 1.54) is 11.0 Å². The molecule has 1 aliphatic rings. The molecule has 1 heterocycles. The molecule has 0 saturated carbocycles. The van der Waals surface area contributed by atoms with E-state index in [4.69, 9.17) is 21.4 Å². The maximum atomic E-state index is 13.3. The number of benzene rings is 2. The first kappa shape index (κ1) is 24.3. The summed E-state index contributed by atoms with van der Waals surface area (Å²) in [4.78, 5) is 19.3. The highest BCUT2D eigenvalue weighted by atomic mass is 35.5. The molecule has 0 aromatic heterocycles. The standard InChI is InChI=1S/C23H25ClN2O5S/c1-3-10-25-23-26(19-7-5-4-6-15(19)2)22(29)21(32(23)30)12-16-8-9-20(18(24)11-16)31-14-17(28)13-27/h4-9,11-12,17,27-28H,3,10,13-14H2,1-2H3/b21-12?,25-23-. The summed E-state index contributed by atoms with van der Waals surface area (Å²) in [5, 5.41) is 18.8. The molecule has 7 nitrogen and oxygen atoms in total. The van der Waals surface area contributed by atoms with Crippen LogP contribution in [0.3, 0.4) is 0 Å². The van der Waals surface area contributed by atoms with Crippen LogP contribution in [0, 0.1) is 6.92 Å². The fourth-order valence-corrected chi connectivity index (χ4v) is 4.54. The number of halogens is 1. The third kappa shape index (κ3) is 5.33. The van der Waals surface area contributed by atoms with Crippen molar-refractivity contribution in [2.45, 2.75) is 26.4 Å². The fourth-order valence-electron chi connectivity index (χ4n) is 3.05. The molecule has 2 atom stereocenters. The lowest BCUT2D eigenvalue weighted by Crippen LogP contribution is -2.31. The molecule has 2 aromatic carbocycles. The molecule has 2 unspecified atom stereocenters. The lowest BCUT2D eigenvalue weighted by atomic mass is 10.1. The first-order chi connectivity index (χ1) is 15.4. The van der Waals surface area contributed by atoms with Crippen molar-refractivity contribution in [1.29, 1.82) is 0 Å². The van der Waals surface area contributed by atoms with Crippen LogP contribution in [0.25, 0.3) is 6.08 Å². The summed E-state index contributed by atoms with van der Waals surface area (Å²) >= 11 is 4.52. The van der Waals surface area contributed by atoms with Gasteiger partial charge in [-0.2, -0.15) is 0 Å². The number of hydrogen-bond acceptors (Lipinski definition) is 6. The van der Waals surface area contributed by atoms with Gasteiger partial charge in [-0.05, 0) is 42.7 Å². The topological polar surface area (TPSA) is 105 Å². The fraction of sp³-hybridized carbons (Fsp3) is 0.304. The molecule has 0 bridgehead atoms. The van der Waals surface area contributed by atoms with Crippen LogP contribution in [-0.4, -0.2) is 51.7 Å². The van der Waals surface area contributed by atoms with E-state index >= 15 is 0 Å². The monoisotopic (exact) mass is 476 g/mol. The van der Waals surface area contributed by atoms with Gasteiger partial charge in [0.25, 0.3) is 0 Å². The van der Waals surface area contributed by atoms with Gasteiger partial charge in [0, 0.05) is 12.6 Å². The number of carbonyl (C=O) groups is 1. The summed E-state index contributed by atoms with van der Waals surface area (Å²) in [5.41, 5.74) is 2.09. The van der Waals surface area contributed by atoms with E-state index in [1.54, 1.807) is 24.3 Å². The van der Waals surface area contributed by atoms with E-state index in [0.717, 1.165) is 12.0 Å². The second-order valence-electron chi connectivity index (χ2n) is 7.21. The summed E-state index contributed by atoms with van der Waals surface area (Å²) in [5.74, 6) is -0.0677. The third-order valence-corrected chi connectivity index (χ3v) is 6.32. The van der Waals surface area contributed by atoms with Crippen molar-refractivity contribution in [3.63, 3.8) is 0 Å². The number of aryl methyl sites for hydroxylation is 1. The Hall–Kier alpha value is -2.36. The van der Waals surface area contributed by atoms with Gasteiger partial charge >= 0.3 is 11.1 Å². The number of ether oxygens (including phenoxy) is 1. The molecule has 1 saturated heterocycles. The van der Waals surface area contributed by atoms with Crippen molar-refractivity contribution >= 4 is 45.6 Å². The Balaban J connectivity index is 1.94. The van der Waals surface area contributed by atoms with Crippen LogP contribution in [0.15, 0.2) is 52.4 Å². The molecule has 3 rings (SSSR count). The van der Waals surface area contributed by atoms with Crippen molar-refractivity contribution in [2.75, 3.05) is 24.7 Å². The first-order valence-electron chi connectivity index (χ1n) is 10.2. The Morgan fingerprint density at radius 1 is 1.31 bits per heavy atom. The summed E-state index contributed by atoms with van der Waals surface area (Å²) < 4.78 is 18.6. The minimum Gasteiger partial charge on any atom is -0.604 e. The van der Waals surface area contributed by atoms with Crippen LogP contribution in [-0.2, 0) is 16.0 Å². The number of aliphatic imine (C=N–C) groups is 1. The van der Waals surface area contributed by atoms with E-state index in [1.807, 2.05) is 32.0 Å². The molecular weight excluding hydrogens is 452 g/mol. The van der Waals surface area contributed by atoms with E-state index in [-0.39, 0.29) is 21.7 Å². The number of rotatable bonds is 8. The highest BCUT2D eigenvalue weighted by Crippen LogP contribution is 2.34. The Labute approximate surface area is 195 Å². The molecule has 1 aliphatic heterocycles. The minimum atomic E-state index is -1.74. The average molecular weight is 477 g/mol. The number of aliphatic hydroxyl groups excluding tert-OH is 2. The summed E-state index contributed by atoms with van der Waals surface area (Å²) in [7, 11) is 0. The molecule has 0 spiro atoms. The first-order valence-corrected chi connectivity index (χ1v) is 11.7. The number of nitrogens with zero attached hydrogens (tertiary/aromatic N) is 2. The number of hydrogen-bond donors (Lipinski definition) is 2. The SMILES string of the molecule is CCC/N=C1/N(c2ccccc2C)C(=O)C(=Cc2ccc(OCC(O)CO)c(Cl)c2)[S+]1[O-]. The van der Waals surface area contributed by atoms with Crippen LogP contribution >= 0.6 is 11.6 Å². The Morgan fingerprint density at radius 3 is 2.72 bits per heavy atom. The number of carbonyl (C=O) groups excluding carboxylic acids is 1. The van der Waals surface area contributed by atoms with Crippen molar-refractivity contribution < 1.29 is 24.3 Å². The highest BCUT2D eigenvalue weighted by molar-refractivity contribution is 8.12. The quantitative estimate of drug-likeness (QED) is 0.449. The smallest absolute Gasteiger partial charge is 0.332 e. The summed E-state index contributed by atoms with van der Waals surface area (Å²) in [6.45, 7) is 3.78. The lowest BCUT2D eigenvalue weighted by molar-refractivity contribution is -0.113. The van der Waals surface area contributed by atoms with Crippen molar-refractivity contribution in [3.8, 4) is 5.75 Å². The van der Waals surface area contributed by atoms with Crippen molar-refractivity contribution in [3.05, 3.63) is 63.5 Å². The summed E-state index contributed by atoms with van der Waals surface area (Å²) in [6, 6.07) is 12.2. The lowest BCUT2D eigenvalue weighted by Gasteiger charge is -2.15. The predicted molar refractivity (Wildman–Crippen MR) is 127 cm³/mol. The normalized spacial score (nSPS) is 19.8. The second-order valence-corrected chi connectivity index (χ2v) is 8.96. The number of para-hydroxylation sites is 1.